The van der Waals surface area contributed by atoms with Gasteiger partial charge in [0.05, 0.1) is 26.9 Å². The molecule has 3 N–H and O–H groups in total. The maximum atomic E-state index is 5.97. The largest absolute Gasteiger partial charge is 0.493 e. The molecule has 1 fully saturated rings. The van der Waals surface area contributed by atoms with Crippen molar-refractivity contribution in [1.29, 1.82) is 0 Å². The van der Waals surface area contributed by atoms with Crippen molar-refractivity contribution < 1.29 is 14.2 Å². The molecule has 1 heterocycles. The van der Waals surface area contributed by atoms with Gasteiger partial charge in [-0.2, -0.15) is 0 Å². The quantitative estimate of drug-likeness (QED) is 0.226. The minimum atomic E-state index is 0. The SMILES string of the molecule is COc1ccccc1Oc1ccc(CN=C(N)NCCCN2CCOCC2)cc1.I. The standard InChI is InChI=1S/C22H30N4O3.HI/c1-27-20-5-2-3-6-21(20)29-19-9-7-18(8-10-19)17-25-22(23)24-11-4-12-26-13-15-28-16-14-26;/h2-3,5-10H,4,11-17H2,1H3,(H3,23,24,25);1H. The summed E-state index contributed by atoms with van der Waals surface area (Å²) in [5.74, 6) is 2.61. The van der Waals surface area contributed by atoms with Gasteiger partial charge in [0.25, 0.3) is 0 Å². The summed E-state index contributed by atoms with van der Waals surface area (Å²) < 4.78 is 16.6. The van der Waals surface area contributed by atoms with Gasteiger partial charge in [0.2, 0.25) is 0 Å². The number of rotatable bonds is 9. The highest BCUT2D eigenvalue weighted by atomic mass is 127. The number of hydrogen-bond donors (Lipinski definition) is 2. The van der Waals surface area contributed by atoms with Gasteiger partial charge in [-0.1, -0.05) is 24.3 Å². The van der Waals surface area contributed by atoms with Crippen LogP contribution in [0.25, 0.3) is 0 Å². The van der Waals surface area contributed by atoms with Gasteiger partial charge in [0.15, 0.2) is 17.5 Å². The van der Waals surface area contributed by atoms with Crippen molar-refractivity contribution in [2.45, 2.75) is 13.0 Å². The first-order valence-corrected chi connectivity index (χ1v) is 9.98. The fraction of sp³-hybridized carbons (Fsp3) is 0.409. The van der Waals surface area contributed by atoms with Crippen molar-refractivity contribution in [3.63, 3.8) is 0 Å². The Morgan fingerprint density at radius 2 is 1.80 bits per heavy atom. The molecule has 2 aromatic rings. The van der Waals surface area contributed by atoms with E-state index >= 15 is 0 Å². The maximum absolute atomic E-state index is 5.97. The summed E-state index contributed by atoms with van der Waals surface area (Å²) in [6, 6.07) is 15.4. The van der Waals surface area contributed by atoms with Gasteiger partial charge in [-0.05, 0) is 42.8 Å². The molecule has 0 radical (unpaired) electrons. The van der Waals surface area contributed by atoms with Gasteiger partial charge >= 0.3 is 0 Å². The van der Waals surface area contributed by atoms with E-state index in [2.05, 4.69) is 15.2 Å². The number of aliphatic imine (C=N–C) groups is 1. The molecule has 0 spiro atoms. The maximum Gasteiger partial charge on any atom is 0.188 e. The Kier molecular flexibility index (Phi) is 10.7. The zero-order valence-electron chi connectivity index (χ0n) is 17.4. The normalized spacial score (nSPS) is 14.6. The molecule has 0 aromatic heterocycles. The fourth-order valence-electron chi connectivity index (χ4n) is 3.07. The average molecular weight is 526 g/mol. The number of benzene rings is 2. The molecule has 1 aliphatic rings. The van der Waals surface area contributed by atoms with Crippen LogP contribution in [-0.4, -0.2) is 57.4 Å². The van der Waals surface area contributed by atoms with Crippen LogP contribution in [0.5, 0.6) is 17.2 Å². The number of methoxy groups -OCH3 is 1. The van der Waals surface area contributed by atoms with Crippen molar-refractivity contribution in [2.75, 3.05) is 46.5 Å². The third-order valence-corrected chi connectivity index (χ3v) is 4.71. The molecule has 0 aliphatic carbocycles. The molecule has 30 heavy (non-hydrogen) atoms. The number of ether oxygens (including phenoxy) is 3. The van der Waals surface area contributed by atoms with E-state index in [0.29, 0.717) is 24.0 Å². The zero-order chi connectivity index (χ0) is 20.3. The summed E-state index contributed by atoms with van der Waals surface area (Å²) in [5.41, 5.74) is 7.04. The Morgan fingerprint density at radius 1 is 1.10 bits per heavy atom. The minimum Gasteiger partial charge on any atom is -0.493 e. The second-order valence-corrected chi connectivity index (χ2v) is 6.83. The lowest BCUT2D eigenvalue weighted by atomic mass is 10.2. The molecule has 8 heteroatoms. The Hall–Kier alpha value is -2.04. The van der Waals surface area contributed by atoms with Crippen LogP contribution in [0.15, 0.2) is 53.5 Å². The summed E-state index contributed by atoms with van der Waals surface area (Å²) in [6.07, 6.45) is 1.03. The Morgan fingerprint density at radius 3 is 2.50 bits per heavy atom. The number of para-hydroxylation sites is 2. The number of morpholine rings is 1. The molecule has 0 bridgehead atoms. The first kappa shape index (κ1) is 24.2. The number of nitrogens with two attached hydrogens (primary N) is 1. The highest BCUT2D eigenvalue weighted by Gasteiger charge is 2.09. The number of nitrogens with zero attached hydrogens (tertiary/aromatic N) is 2. The molecular formula is C22H31IN4O3. The predicted molar refractivity (Wildman–Crippen MR) is 130 cm³/mol. The Balaban J connectivity index is 0.00000320. The van der Waals surface area contributed by atoms with Gasteiger partial charge in [-0.15, -0.1) is 24.0 Å². The second kappa shape index (κ2) is 13.3. The van der Waals surface area contributed by atoms with Crippen molar-refractivity contribution in [2.24, 2.45) is 10.7 Å². The number of guanidine groups is 1. The van der Waals surface area contributed by atoms with Crippen molar-refractivity contribution in [1.82, 2.24) is 10.2 Å². The molecule has 0 unspecified atom stereocenters. The van der Waals surface area contributed by atoms with Gasteiger partial charge in [-0.3, -0.25) is 4.90 Å². The van der Waals surface area contributed by atoms with Crippen molar-refractivity contribution >= 4 is 29.9 Å². The van der Waals surface area contributed by atoms with Crippen LogP contribution in [0.2, 0.25) is 0 Å². The summed E-state index contributed by atoms with van der Waals surface area (Å²) in [7, 11) is 1.63. The van der Waals surface area contributed by atoms with E-state index in [0.717, 1.165) is 57.1 Å². The first-order valence-electron chi connectivity index (χ1n) is 9.98. The summed E-state index contributed by atoms with van der Waals surface area (Å²) in [5, 5.41) is 3.18. The van der Waals surface area contributed by atoms with E-state index in [1.807, 2.05) is 48.5 Å². The molecule has 1 saturated heterocycles. The van der Waals surface area contributed by atoms with Crippen molar-refractivity contribution in [3.05, 3.63) is 54.1 Å². The number of halogens is 1. The highest BCUT2D eigenvalue weighted by Crippen LogP contribution is 2.30. The molecule has 164 valence electrons. The Labute approximate surface area is 195 Å². The van der Waals surface area contributed by atoms with Gasteiger partial charge in [-0.25, -0.2) is 4.99 Å². The van der Waals surface area contributed by atoms with Crippen molar-refractivity contribution in [3.8, 4) is 17.2 Å². The molecule has 3 rings (SSSR count). The minimum absolute atomic E-state index is 0. The van der Waals surface area contributed by atoms with E-state index in [1.165, 1.54) is 0 Å². The van der Waals surface area contributed by atoms with E-state index in [-0.39, 0.29) is 24.0 Å². The van der Waals surface area contributed by atoms with Crippen LogP contribution >= 0.6 is 24.0 Å². The lowest BCUT2D eigenvalue weighted by Gasteiger charge is -2.26. The first-order chi connectivity index (χ1) is 14.2. The van der Waals surface area contributed by atoms with Crippen LogP contribution in [-0.2, 0) is 11.3 Å². The molecule has 0 atom stereocenters. The van der Waals surface area contributed by atoms with Crippen LogP contribution < -0.4 is 20.5 Å². The van der Waals surface area contributed by atoms with Gasteiger partial charge in [0, 0.05) is 19.6 Å². The topological polar surface area (TPSA) is 81.3 Å². The van der Waals surface area contributed by atoms with Crippen LogP contribution in [0, 0.1) is 0 Å². The predicted octanol–water partition coefficient (Wildman–Crippen LogP) is 3.23. The zero-order valence-corrected chi connectivity index (χ0v) is 19.7. The van der Waals surface area contributed by atoms with E-state index in [9.17, 15) is 0 Å². The molecular weight excluding hydrogens is 495 g/mol. The Bertz CT molecular complexity index is 780. The van der Waals surface area contributed by atoms with E-state index < -0.39 is 0 Å². The lowest BCUT2D eigenvalue weighted by Crippen LogP contribution is -2.39. The molecule has 0 saturated carbocycles. The fourth-order valence-corrected chi connectivity index (χ4v) is 3.07. The summed E-state index contributed by atoms with van der Waals surface area (Å²) in [4.78, 5) is 6.82. The van der Waals surface area contributed by atoms with Gasteiger partial charge < -0.3 is 25.3 Å². The molecule has 7 nitrogen and oxygen atoms in total. The molecule has 2 aromatic carbocycles. The third-order valence-electron chi connectivity index (χ3n) is 4.71. The van der Waals surface area contributed by atoms with Crippen LogP contribution in [0.3, 0.4) is 0 Å². The highest BCUT2D eigenvalue weighted by molar-refractivity contribution is 14.0. The summed E-state index contributed by atoms with van der Waals surface area (Å²) in [6.45, 7) is 6.09. The average Bonchev–Trinajstić information content (AvgIpc) is 2.77. The number of hydrogen-bond acceptors (Lipinski definition) is 5. The summed E-state index contributed by atoms with van der Waals surface area (Å²) >= 11 is 0. The van der Waals surface area contributed by atoms with Crippen LogP contribution in [0.1, 0.15) is 12.0 Å². The third kappa shape index (κ3) is 8.00. The van der Waals surface area contributed by atoms with Gasteiger partial charge in [0.1, 0.15) is 5.75 Å². The number of nitrogens with one attached hydrogen (secondary N) is 1. The second-order valence-electron chi connectivity index (χ2n) is 6.83. The molecule has 0 amide bonds. The van der Waals surface area contributed by atoms with Crippen LogP contribution in [0.4, 0.5) is 0 Å². The van der Waals surface area contributed by atoms with E-state index in [4.69, 9.17) is 19.9 Å². The van der Waals surface area contributed by atoms with E-state index in [1.54, 1.807) is 7.11 Å². The smallest absolute Gasteiger partial charge is 0.188 e. The lowest BCUT2D eigenvalue weighted by molar-refractivity contribution is 0.0376. The monoisotopic (exact) mass is 526 g/mol. The molecule has 1 aliphatic heterocycles.